The van der Waals surface area contributed by atoms with Gasteiger partial charge in [0.15, 0.2) is 46.0 Å². The molecule has 0 heterocycles. The molecule has 0 aliphatic carbocycles. The number of aliphatic imine (C=N–C) groups is 1. The van der Waals surface area contributed by atoms with Crippen LogP contribution in [0.3, 0.4) is 0 Å². The van der Waals surface area contributed by atoms with E-state index in [0.29, 0.717) is 50.9 Å². The highest BCUT2D eigenvalue weighted by Gasteiger charge is 2.22. The van der Waals surface area contributed by atoms with Crippen LogP contribution < -0.4 is 18.9 Å². The quantitative estimate of drug-likeness (QED) is 0.0129. The molecule has 0 fully saturated rings. The standard InChI is InChI=1S/C38H58N4O8.C18H22O4.C7H2N2.C6H2.2CH4.4ClH.9H2/c1-27(23-29-11-13-31(47-35(43)15-19-39(3)4)33(25-29)49-37(45)17-21-41(7)8)28(2)24-30-12-14-32(48-36(44)16-20-40(5)6)34(26-30)50-38(46)18-22-42(9)10;1-11(7-13-3-5-15(19)17(21)9-13)12(2)8-14-4-6-16(20)18(22)10-14;1-2-3-4-5-6-9-7-8;1-3-5-6-4-2;;;;;;;;;;;;;;;/h11-14,25-28H,15-24H2,1-10H3;3-6,9-12,19-22H,7-8H2,1-2H3;1,8H;1-2H;2*1H4;13*1H/t27-,28+;11-,12+;;;;;;;;;;;;;;;;;. The third kappa shape index (κ3) is 44.0. The topological polar surface area (TPSA) is 235 Å². The monoisotopic (exact) mass is 1380 g/mol. The van der Waals surface area contributed by atoms with E-state index in [1.807, 2.05) is 100 Å². The van der Waals surface area contributed by atoms with Crippen molar-refractivity contribution >= 4 is 79.5 Å². The molecule has 0 aromatic heterocycles. The second-order valence-electron chi connectivity index (χ2n) is 21.4. The van der Waals surface area contributed by atoms with E-state index in [2.05, 4.69) is 86.1 Å². The highest BCUT2D eigenvalue weighted by atomic mass is 35.5. The highest BCUT2D eigenvalue weighted by Crippen LogP contribution is 2.35. The summed E-state index contributed by atoms with van der Waals surface area (Å²) in [4.78, 5) is 61.1. The van der Waals surface area contributed by atoms with Gasteiger partial charge in [0.2, 0.25) is 0 Å². The SMILES string of the molecule is C.C.C#CC#CC#C.C#CC#CC#CN=C=N.C[C@H](Cc1ccc(O)c(O)c1)[C@@H](C)Cc1ccc(O)c(O)c1.C[C@H](Cc1ccc(OC(=O)CCN(C)C)c(OC(=O)CCN(C)C)c1)[C@@H](C)Cc1ccc(OC(=O)CCN(C)C)c(OC(=O)CCN(C)C)c1.Cl.Cl.Cl.Cl.[HH].[HH].[HH].[HH].[HH].[HH].[HH].[HH].[HH]. The Balaban J connectivity index is -0.0000000941. The molecule has 18 nitrogen and oxygen atoms in total. The number of esters is 4. The van der Waals surface area contributed by atoms with Crippen LogP contribution in [0.25, 0.3) is 0 Å². The van der Waals surface area contributed by atoms with Crippen molar-refractivity contribution in [3.63, 3.8) is 0 Å². The van der Waals surface area contributed by atoms with E-state index in [-0.39, 0.29) is 161 Å². The number of phenols is 4. The van der Waals surface area contributed by atoms with E-state index in [4.69, 9.17) is 43.6 Å². The van der Waals surface area contributed by atoms with E-state index >= 15 is 0 Å². The van der Waals surface area contributed by atoms with Crippen LogP contribution in [0.2, 0.25) is 0 Å². The molecular formula is C71H114Cl4N6O12. The third-order valence-electron chi connectivity index (χ3n) is 12.8. The summed E-state index contributed by atoms with van der Waals surface area (Å²) in [5.74, 6) is 17.5. The molecule has 0 amide bonds. The Morgan fingerprint density at radius 3 is 0.946 bits per heavy atom. The summed E-state index contributed by atoms with van der Waals surface area (Å²) in [5.41, 5.74) is 3.82. The number of carbonyl (C=O) groups excluding carboxylic acids is 4. The lowest BCUT2D eigenvalue weighted by Crippen LogP contribution is -2.21. The molecule has 0 bridgehead atoms. The molecule has 4 rings (SSSR count). The summed E-state index contributed by atoms with van der Waals surface area (Å²) < 4.78 is 22.6. The Morgan fingerprint density at radius 2 is 0.688 bits per heavy atom. The van der Waals surface area contributed by atoms with Gasteiger partial charge in [-0.3, -0.25) is 19.2 Å². The van der Waals surface area contributed by atoms with Crippen LogP contribution in [0.5, 0.6) is 46.0 Å². The molecule has 93 heavy (non-hydrogen) atoms. The number of phenolic OH excluding ortho intramolecular Hbond substituents is 4. The Morgan fingerprint density at radius 1 is 0.430 bits per heavy atom. The summed E-state index contributed by atoms with van der Waals surface area (Å²) in [6.45, 7) is 10.7. The maximum absolute atomic E-state index is 12.7. The predicted molar refractivity (Wildman–Crippen MR) is 401 cm³/mol. The van der Waals surface area contributed by atoms with Crippen molar-refractivity contribution in [3.8, 4) is 119 Å². The molecule has 0 aliphatic heterocycles. The van der Waals surface area contributed by atoms with E-state index < -0.39 is 23.9 Å². The number of nitrogens with zero attached hydrogens (tertiary/aromatic N) is 5. The Bertz CT molecular complexity index is 3140. The number of carbonyl (C=O) groups is 4. The number of rotatable bonds is 26. The summed E-state index contributed by atoms with van der Waals surface area (Å²) in [5, 5.41) is 44.0. The first kappa shape index (κ1) is 95.8. The van der Waals surface area contributed by atoms with Gasteiger partial charge in [0.1, 0.15) is 6.01 Å². The van der Waals surface area contributed by atoms with E-state index in [1.165, 1.54) is 12.1 Å². The smallest absolute Gasteiger partial charge is 0.312 e. The molecule has 0 radical (unpaired) electrons. The van der Waals surface area contributed by atoms with Crippen LogP contribution in [-0.4, -0.2) is 152 Å². The molecule has 5 N–H and O–H groups in total. The normalized spacial score (nSPS) is 10.6. The Labute approximate surface area is 592 Å². The van der Waals surface area contributed by atoms with Gasteiger partial charge in [-0.25, -0.2) is 5.41 Å². The van der Waals surface area contributed by atoms with Crippen molar-refractivity contribution in [2.24, 2.45) is 28.7 Å². The van der Waals surface area contributed by atoms with Crippen LogP contribution >= 0.6 is 49.6 Å². The number of hydrogen-bond acceptors (Lipinski definition) is 18. The van der Waals surface area contributed by atoms with Gasteiger partial charge < -0.3 is 59.0 Å². The molecular weight excluding hydrogens is 1270 g/mol. The molecule has 0 unspecified atom stereocenters. The zero-order valence-corrected chi connectivity index (χ0v) is 57.1. The first-order valence-corrected chi connectivity index (χ1v) is 27.9. The maximum Gasteiger partial charge on any atom is 0.312 e. The molecule has 4 aromatic rings. The predicted octanol–water partition coefficient (Wildman–Crippen LogP) is 13.5. The van der Waals surface area contributed by atoms with Crippen LogP contribution in [0, 0.1) is 102 Å². The van der Waals surface area contributed by atoms with Crippen molar-refractivity contribution in [3.05, 3.63) is 95.1 Å². The van der Waals surface area contributed by atoms with Crippen molar-refractivity contribution in [1.29, 1.82) is 5.41 Å². The first-order chi connectivity index (χ1) is 41.2. The highest BCUT2D eigenvalue weighted by molar-refractivity contribution is 5.86. The van der Waals surface area contributed by atoms with Crippen LogP contribution in [-0.2, 0) is 44.9 Å². The molecule has 0 saturated heterocycles. The zero-order chi connectivity index (χ0) is 65.4. The lowest BCUT2D eigenvalue weighted by molar-refractivity contribution is -0.137. The third-order valence-corrected chi connectivity index (χ3v) is 12.8. The lowest BCUT2D eigenvalue weighted by atomic mass is 9.85. The molecule has 528 valence electrons. The van der Waals surface area contributed by atoms with Crippen molar-refractivity contribution in [1.82, 2.24) is 19.6 Å². The molecule has 0 spiro atoms. The van der Waals surface area contributed by atoms with Gasteiger partial charge in [-0.1, -0.05) is 66.8 Å². The minimum absolute atomic E-state index is 0. The summed E-state index contributed by atoms with van der Waals surface area (Å²) in [6, 6.07) is 24.4. The van der Waals surface area contributed by atoms with Gasteiger partial charge in [-0.05, 0) is 212 Å². The van der Waals surface area contributed by atoms with Crippen molar-refractivity contribution in [2.45, 2.75) is 93.9 Å². The number of aromatic hydroxyl groups is 4. The van der Waals surface area contributed by atoms with Gasteiger partial charge in [0.25, 0.3) is 0 Å². The Kier molecular flexibility index (Phi) is 55.9. The number of hydrogen-bond donors (Lipinski definition) is 5. The number of benzene rings is 4. The van der Waals surface area contributed by atoms with E-state index in [1.54, 1.807) is 42.4 Å². The molecule has 4 aromatic carbocycles. The second-order valence-corrected chi connectivity index (χ2v) is 21.4. The van der Waals surface area contributed by atoms with Gasteiger partial charge in [0, 0.05) is 50.9 Å². The fraction of sp³-hybridized carbons (Fsp3) is 0.423. The zero-order valence-electron chi connectivity index (χ0n) is 53.9. The number of ether oxygens (including phenoxy) is 4. The minimum atomic E-state index is -0.409. The van der Waals surface area contributed by atoms with Crippen molar-refractivity contribution < 1.29 is 71.4 Å². The molecule has 22 heteroatoms. The maximum atomic E-state index is 12.7. The van der Waals surface area contributed by atoms with Crippen LogP contribution in [0.1, 0.15) is 103 Å². The van der Waals surface area contributed by atoms with Gasteiger partial charge in [0.05, 0.1) is 31.7 Å². The molecule has 0 aliphatic rings. The van der Waals surface area contributed by atoms with Crippen LogP contribution in [0.4, 0.5) is 0 Å². The van der Waals surface area contributed by atoms with Gasteiger partial charge >= 0.3 is 23.9 Å². The summed E-state index contributed by atoms with van der Waals surface area (Å²) in [7, 11) is 15.0. The van der Waals surface area contributed by atoms with E-state index in [0.717, 1.165) is 35.1 Å². The lowest BCUT2D eigenvalue weighted by Gasteiger charge is -2.22. The fourth-order valence-electron chi connectivity index (χ4n) is 7.55. The minimum Gasteiger partial charge on any atom is -0.504 e. The van der Waals surface area contributed by atoms with E-state index in [9.17, 15) is 39.6 Å². The molecule has 0 saturated carbocycles. The first-order valence-electron chi connectivity index (χ1n) is 27.9. The van der Waals surface area contributed by atoms with Crippen LogP contribution in [0.15, 0.2) is 77.8 Å². The van der Waals surface area contributed by atoms with Crippen molar-refractivity contribution in [2.75, 3.05) is 82.6 Å². The largest absolute Gasteiger partial charge is 0.504 e. The van der Waals surface area contributed by atoms with Gasteiger partial charge in [-0.2, -0.15) is 0 Å². The molecule has 4 atom stereocenters. The number of nitrogens with one attached hydrogen (secondary N) is 1. The number of halogens is 4. The second kappa shape index (κ2) is 54.3. The fourth-order valence-corrected chi connectivity index (χ4v) is 7.55. The Hall–Kier alpha value is -8.30. The average Bonchev–Trinajstić information content (AvgIpc) is 0.858. The summed E-state index contributed by atoms with van der Waals surface area (Å²) >= 11 is 0. The summed E-state index contributed by atoms with van der Waals surface area (Å²) in [6.07, 6.45) is 17.9. The van der Waals surface area contributed by atoms with Gasteiger partial charge in [-0.15, -0.1) is 73.9 Å². The number of terminal acetylenes is 3. The average molecular weight is 1390 g/mol.